The van der Waals surface area contributed by atoms with E-state index in [4.69, 9.17) is 10.5 Å². The maximum Gasteiger partial charge on any atom is 0.258 e. The molecule has 0 heterocycles. The summed E-state index contributed by atoms with van der Waals surface area (Å²) in [7, 11) is 0. The lowest BCUT2D eigenvalue weighted by atomic mass is 10.2. The van der Waals surface area contributed by atoms with E-state index in [9.17, 15) is 4.79 Å². The minimum atomic E-state index is -0.581. The van der Waals surface area contributed by atoms with Crippen molar-refractivity contribution in [3.05, 3.63) is 29.8 Å². The molecule has 0 saturated heterocycles. The zero-order chi connectivity index (χ0) is 9.84. The van der Waals surface area contributed by atoms with Crippen molar-refractivity contribution in [1.29, 1.82) is 0 Å². The summed E-state index contributed by atoms with van der Waals surface area (Å²) >= 11 is 0. The number of rotatable bonds is 3. The topological polar surface area (TPSA) is 52.3 Å². The van der Waals surface area contributed by atoms with E-state index in [1.165, 1.54) is 0 Å². The second kappa shape index (κ2) is 3.94. The van der Waals surface area contributed by atoms with Crippen LogP contribution in [-0.4, -0.2) is 12.0 Å². The third kappa shape index (κ3) is 2.78. The van der Waals surface area contributed by atoms with Gasteiger partial charge in [0.15, 0.2) is 6.10 Å². The maximum absolute atomic E-state index is 10.7. The Morgan fingerprint density at radius 1 is 1.38 bits per heavy atom. The van der Waals surface area contributed by atoms with Crippen molar-refractivity contribution in [2.45, 2.75) is 20.0 Å². The highest BCUT2D eigenvalue weighted by Gasteiger charge is 2.09. The summed E-state index contributed by atoms with van der Waals surface area (Å²) in [5, 5.41) is 0. The normalized spacial score (nSPS) is 12.2. The molecule has 1 unspecified atom stereocenters. The van der Waals surface area contributed by atoms with Gasteiger partial charge < -0.3 is 10.5 Å². The molecule has 13 heavy (non-hydrogen) atoms. The third-order valence-corrected chi connectivity index (χ3v) is 1.73. The fourth-order valence-corrected chi connectivity index (χ4v) is 0.879. The Hall–Kier alpha value is -1.51. The fourth-order valence-electron chi connectivity index (χ4n) is 0.879. The van der Waals surface area contributed by atoms with Crippen LogP contribution < -0.4 is 10.5 Å². The number of hydrogen-bond donors (Lipinski definition) is 1. The molecule has 0 fully saturated rings. The molecule has 1 aromatic rings. The standard InChI is InChI=1S/C10H13NO2/c1-7-3-5-9(6-4-7)13-8(2)10(11)12/h3-6,8H,1-2H3,(H2,11,12). The first kappa shape index (κ1) is 9.58. The van der Waals surface area contributed by atoms with Crippen molar-refractivity contribution >= 4 is 5.91 Å². The van der Waals surface area contributed by atoms with E-state index in [0.717, 1.165) is 5.56 Å². The number of benzene rings is 1. The zero-order valence-electron chi connectivity index (χ0n) is 7.78. The van der Waals surface area contributed by atoms with Crippen LogP contribution in [0.2, 0.25) is 0 Å². The number of primary amides is 1. The Morgan fingerprint density at radius 2 is 1.92 bits per heavy atom. The van der Waals surface area contributed by atoms with E-state index in [2.05, 4.69) is 0 Å². The summed E-state index contributed by atoms with van der Waals surface area (Å²) in [5.74, 6) is 0.206. The smallest absolute Gasteiger partial charge is 0.258 e. The molecule has 0 radical (unpaired) electrons. The summed E-state index contributed by atoms with van der Waals surface area (Å²) in [4.78, 5) is 10.7. The van der Waals surface area contributed by atoms with Crippen LogP contribution in [0, 0.1) is 6.92 Å². The molecule has 1 rings (SSSR count). The molecule has 0 aromatic heterocycles. The summed E-state index contributed by atoms with van der Waals surface area (Å²) in [6.45, 7) is 3.61. The predicted octanol–water partition coefficient (Wildman–Crippen LogP) is 1.25. The molecular weight excluding hydrogens is 166 g/mol. The molecule has 1 amide bonds. The van der Waals surface area contributed by atoms with Gasteiger partial charge in [-0.3, -0.25) is 4.79 Å². The Bertz CT molecular complexity index is 292. The lowest BCUT2D eigenvalue weighted by Gasteiger charge is -2.10. The lowest BCUT2D eigenvalue weighted by Crippen LogP contribution is -2.30. The van der Waals surface area contributed by atoms with E-state index in [-0.39, 0.29) is 0 Å². The predicted molar refractivity (Wildman–Crippen MR) is 50.5 cm³/mol. The Labute approximate surface area is 77.5 Å². The molecule has 1 aromatic carbocycles. The molecule has 0 aliphatic carbocycles. The highest BCUT2D eigenvalue weighted by Crippen LogP contribution is 2.12. The fraction of sp³-hybridized carbons (Fsp3) is 0.300. The van der Waals surface area contributed by atoms with Crippen LogP contribution in [0.15, 0.2) is 24.3 Å². The van der Waals surface area contributed by atoms with E-state index in [1.54, 1.807) is 6.92 Å². The second-order valence-electron chi connectivity index (χ2n) is 2.98. The number of aryl methyl sites for hydroxylation is 1. The first-order chi connectivity index (χ1) is 6.09. The monoisotopic (exact) mass is 179 g/mol. The van der Waals surface area contributed by atoms with Crippen LogP contribution in [0.4, 0.5) is 0 Å². The summed E-state index contributed by atoms with van der Waals surface area (Å²) in [6, 6.07) is 7.47. The summed E-state index contributed by atoms with van der Waals surface area (Å²) in [6.07, 6.45) is -0.581. The number of nitrogens with two attached hydrogens (primary N) is 1. The highest BCUT2D eigenvalue weighted by atomic mass is 16.5. The first-order valence-corrected chi connectivity index (χ1v) is 4.12. The molecule has 0 aliphatic heterocycles. The first-order valence-electron chi connectivity index (χ1n) is 4.12. The van der Waals surface area contributed by atoms with Crippen molar-refractivity contribution in [2.24, 2.45) is 5.73 Å². The van der Waals surface area contributed by atoms with E-state index in [0.29, 0.717) is 5.75 Å². The van der Waals surface area contributed by atoms with Crippen molar-refractivity contribution in [1.82, 2.24) is 0 Å². The minimum Gasteiger partial charge on any atom is -0.481 e. The van der Waals surface area contributed by atoms with E-state index in [1.807, 2.05) is 31.2 Å². The molecule has 1 atom stereocenters. The van der Waals surface area contributed by atoms with Gasteiger partial charge in [-0.15, -0.1) is 0 Å². The molecule has 3 heteroatoms. The molecule has 2 N–H and O–H groups in total. The summed E-state index contributed by atoms with van der Waals surface area (Å²) < 4.78 is 5.26. The van der Waals surface area contributed by atoms with Crippen molar-refractivity contribution < 1.29 is 9.53 Å². The van der Waals surface area contributed by atoms with Gasteiger partial charge in [-0.25, -0.2) is 0 Å². The third-order valence-electron chi connectivity index (χ3n) is 1.73. The van der Waals surface area contributed by atoms with Gasteiger partial charge in [0.2, 0.25) is 0 Å². The maximum atomic E-state index is 10.7. The molecule has 0 saturated carbocycles. The van der Waals surface area contributed by atoms with Crippen LogP contribution in [0.3, 0.4) is 0 Å². The van der Waals surface area contributed by atoms with E-state index < -0.39 is 12.0 Å². The van der Waals surface area contributed by atoms with Gasteiger partial charge in [0.1, 0.15) is 5.75 Å². The minimum absolute atomic E-state index is 0.458. The zero-order valence-corrected chi connectivity index (χ0v) is 7.78. The Kier molecular flexibility index (Phi) is 2.90. The number of carbonyl (C=O) groups is 1. The number of ether oxygens (including phenoxy) is 1. The van der Waals surface area contributed by atoms with Gasteiger partial charge in [0.05, 0.1) is 0 Å². The quantitative estimate of drug-likeness (QED) is 0.759. The SMILES string of the molecule is Cc1ccc(OC(C)C(N)=O)cc1. The van der Waals surface area contributed by atoms with Crippen molar-refractivity contribution in [3.8, 4) is 5.75 Å². The average Bonchev–Trinajstić information content (AvgIpc) is 2.08. The van der Waals surface area contributed by atoms with Gasteiger partial charge in [-0.05, 0) is 26.0 Å². The number of carbonyl (C=O) groups excluding carboxylic acids is 1. The van der Waals surface area contributed by atoms with E-state index >= 15 is 0 Å². The van der Waals surface area contributed by atoms with Gasteiger partial charge in [0.25, 0.3) is 5.91 Å². The van der Waals surface area contributed by atoms with Crippen molar-refractivity contribution in [2.75, 3.05) is 0 Å². The van der Waals surface area contributed by atoms with Crippen LogP contribution in [0.5, 0.6) is 5.75 Å². The molecule has 3 nitrogen and oxygen atoms in total. The largest absolute Gasteiger partial charge is 0.481 e. The van der Waals surface area contributed by atoms with Crippen LogP contribution in [-0.2, 0) is 4.79 Å². The Morgan fingerprint density at radius 3 is 2.38 bits per heavy atom. The second-order valence-corrected chi connectivity index (χ2v) is 2.98. The van der Waals surface area contributed by atoms with Crippen LogP contribution in [0.25, 0.3) is 0 Å². The average molecular weight is 179 g/mol. The van der Waals surface area contributed by atoms with Gasteiger partial charge in [-0.2, -0.15) is 0 Å². The Balaban J connectivity index is 2.64. The lowest BCUT2D eigenvalue weighted by molar-refractivity contribution is -0.123. The van der Waals surface area contributed by atoms with Crippen molar-refractivity contribution in [3.63, 3.8) is 0 Å². The van der Waals surface area contributed by atoms with Gasteiger partial charge >= 0.3 is 0 Å². The van der Waals surface area contributed by atoms with Gasteiger partial charge in [-0.1, -0.05) is 17.7 Å². The van der Waals surface area contributed by atoms with Crippen LogP contribution >= 0.6 is 0 Å². The molecule has 0 bridgehead atoms. The van der Waals surface area contributed by atoms with Gasteiger partial charge in [0, 0.05) is 0 Å². The molecule has 70 valence electrons. The molecule has 0 spiro atoms. The molecular formula is C10H13NO2. The molecule has 0 aliphatic rings. The number of amides is 1. The van der Waals surface area contributed by atoms with Crippen LogP contribution in [0.1, 0.15) is 12.5 Å². The summed E-state index contributed by atoms with van der Waals surface area (Å²) in [5.41, 5.74) is 6.20. The highest BCUT2D eigenvalue weighted by molar-refractivity contribution is 5.78. The number of hydrogen-bond acceptors (Lipinski definition) is 2.